The molecule has 0 bridgehead atoms. The summed E-state index contributed by atoms with van der Waals surface area (Å²) in [5, 5.41) is 11.4. The van der Waals surface area contributed by atoms with Crippen LogP contribution in [0.4, 0.5) is 0 Å². The maximum Gasteiger partial charge on any atom is 0.256 e. The van der Waals surface area contributed by atoms with Gasteiger partial charge in [-0.25, -0.2) is 0 Å². The number of nitrogens with zero attached hydrogens (tertiary/aromatic N) is 3. The molecule has 0 saturated carbocycles. The van der Waals surface area contributed by atoms with Gasteiger partial charge in [-0.05, 0) is 26.3 Å². The van der Waals surface area contributed by atoms with Crippen molar-refractivity contribution in [3.63, 3.8) is 0 Å². The normalized spacial score (nSPS) is 18.9. The van der Waals surface area contributed by atoms with E-state index in [2.05, 4.69) is 22.4 Å². The lowest BCUT2D eigenvalue weighted by Crippen LogP contribution is -2.52. The van der Waals surface area contributed by atoms with Gasteiger partial charge in [0.05, 0.1) is 17.0 Å². The van der Waals surface area contributed by atoms with E-state index in [9.17, 15) is 4.79 Å². The van der Waals surface area contributed by atoms with Crippen molar-refractivity contribution in [2.45, 2.75) is 33.2 Å². The maximum atomic E-state index is 12.6. The van der Waals surface area contributed by atoms with Gasteiger partial charge in [-0.1, -0.05) is 6.92 Å². The van der Waals surface area contributed by atoms with E-state index in [0.717, 1.165) is 37.4 Å². The van der Waals surface area contributed by atoms with Crippen molar-refractivity contribution in [3.05, 3.63) is 23.0 Å². The number of rotatable bonds is 2. The lowest BCUT2D eigenvalue weighted by molar-refractivity contribution is 0.0653. The number of hydrogen-bond acceptors (Lipinski definition) is 4. The summed E-state index contributed by atoms with van der Waals surface area (Å²) in [5.41, 5.74) is 2.29. The molecule has 1 amide bonds. The van der Waals surface area contributed by atoms with Crippen LogP contribution in [0.3, 0.4) is 0 Å². The number of aryl methyl sites for hydroxylation is 2. The van der Waals surface area contributed by atoms with Crippen molar-refractivity contribution in [1.82, 2.24) is 20.4 Å². The van der Waals surface area contributed by atoms with Crippen molar-refractivity contribution in [3.8, 4) is 0 Å². The Kier molecular flexibility index (Phi) is 5.69. The van der Waals surface area contributed by atoms with Crippen molar-refractivity contribution >= 4 is 18.3 Å². The highest BCUT2D eigenvalue weighted by atomic mass is 35.5. The minimum absolute atomic E-state index is 0. The molecular weight excluding hydrogens is 264 g/mol. The monoisotopic (exact) mass is 284 g/mol. The van der Waals surface area contributed by atoms with Crippen molar-refractivity contribution in [1.29, 1.82) is 0 Å². The minimum atomic E-state index is 0. The van der Waals surface area contributed by atoms with E-state index in [0.29, 0.717) is 5.56 Å². The number of nitrogens with one attached hydrogen (secondary N) is 1. The van der Waals surface area contributed by atoms with E-state index >= 15 is 0 Å². The van der Waals surface area contributed by atoms with Gasteiger partial charge < -0.3 is 10.2 Å². The Labute approximate surface area is 120 Å². The van der Waals surface area contributed by atoms with Gasteiger partial charge in [-0.15, -0.1) is 12.4 Å². The van der Waals surface area contributed by atoms with Crippen LogP contribution >= 0.6 is 12.4 Å². The summed E-state index contributed by atoms with van der Waals surface area (Å²) in [6, 6.07) is 2.08. The number of halogens is 1. The Bertz CT molecular complexity index is 452. The zero-order valence-electron chi connectivity index (χ0n) is 11.6. The third-order valence-electron chi connectivity index (χ3n) is 3.32. The molecule has 0 aliphatic carbocycles. The van der Waals surface area contributed by atoms with Crippen molar-refractivity contribution in [2.75, 3.05) is 19.6 Å². The molecule has 1 aliphatic heterocycles. The summed E-state index contributed by atoms with van der Waals surface area (Å²) >= 11 is 0. The fourth-order valence-corrected chi connectivity index (χ4v) is 2.26. The van der Waals surface area contributed by atoms with Gasteiger partial charge in [-0.2, -0.15) is 10.2 Å². The Hall–Kier alpha value is -1.20. The Morgan fingerprint density at radius 2 is 2.26 bits per heavy atom. The van der Waals surface area contributed by atoms with Crippen molar-refractivity contribution < 1.29 is 4.79 Å². The number of piperazine rings is 1. The number of aromatic nitrogens is 2. The molecule has 0 aromatic carbocycles. The van der Waals surface area contributed by atoms with Gasteiger partial charge in [0.1, 0.15) is 0 Å². The third kappa shape index (κ3) is 3.42. The molecule has 2 rings (SSSR count). The van der Waals surface area contributed by atoms with E-state index in [-0.39, 0.29) is 24.4 Å². The molecule has 1 atom stereocenters. The van der Waals surface area contributed by atoms with E-state index < -0.39 is 0 Å². The standard InChI is InChI=1S/C13H20N4O.ClH/c1-4-12-11(7-9(2)15-16-12)13(18)17-6-5-14-8-10(17)3;/h7,10,14H,4-6,8H2,1-3H3;1H. The second-order valence-electron chi connectivity index (χ2n) is 4.75. The summed E-state index contributed by atoms with van der Waals surface area (Å²) in [7, 11) is 0. The SMILES string of the molecule is CCc1nnc(C)cc1C(=O)N1CCNCC1C.Cl. The zero-order chi connectivity index (χ0) is 13.1. The van der Waals surface area contributed by atoms with Crippen LogP contribution in [0, 0.1) is 6.92 Å². The fraction of sp³-hybridized carbons (Fsp3) is 0.615. The molecule has 106 valence electrons. The first kappa shape index (κ1) is 15.9. The van der Waals surface area contributed by atoms with Crippen LogP contribution in [0.25, 0.3) is 0 Å². The summed E-state index contributed by atoms with van der Waals surface area (Å²) in [6.07, 6.45) is 0.731. The first-order valence-corrected chi connectivity index (χ1v) is 6.48. The molecule has 1 aromatic rings. The molecule has 19 heavy (non-hydrogen) atoms. The van der Waals surface area contributed by atoms with E-state index in [4.69, 9.17) is 0 Å². The van der Waals surface area contributed by atoms with Gasteiger partial charge in [0, 0.05) is 25.7 Å². The minimum Gasteiger partial charge on any atom is -0.333 e. The fourth-order valence-electron chi connectivity index (χ4n) is 2.26. The topological polar surface area (TPSA) is 58.1 Å². The van der Waals surface area contributed by atoms with E-state index in [1.165, 1.54) is 0 Å². The maximum absolute atomic E-state index is 12.6. The van der Waals surface area contributed by atoms with Gasteiger partial charge in [0.25, 0.3) is 5.91 Å². The first-order chi connectivity index (χ1) is 8.63. The van der Waals surface area contributed by atoms with Crippen LogP contribution < -0.4 is 5.32 Å². The van der Waals surface area contributed by atoms with Gasteiger partial charge in [0.2, 0.25) is 0 Å². The van der Waals surface area contributed by atoms with E-state index in [1.54, 1.807) is 0 Å². The quantitative estimate of drug-likeness (QED) is 0.887. The van der Waals surface area contributed by atoms with Crippen LogP contribution in [-0.4, -0.2) is 46.7 Å². The summed E-state index contributed by atoms with van der Waals surface area (Å²) in [6.45, 7) is 8.39. The van der Waals surface area contributed by atoms with Gasteiger partial charge in [0.15, 0.2) is 0 Å². The number of carbonyl (C=O) groups excluding carboxylic acids is 1. The molecule has 2 heterocycles. The molecule has 1 aliphatic rings. The molecule has 1 fully saturated rings. The molecule has 0 spiro atoms. The smallest absolute Gasteiger partial charge is 0.256 e. The lowest BCUT2D eigenvalue weighted by Gasteiger charge is -2.34. The Morgan fingerprint density at radius 1 is 1.53 bits per heavy atom. The first-order valence-electron chi connectivity index (χ1n) is 6.48. The second kappa shape index (κ2) is 6.82. The van der Waals surface area contributed by atoms with E-state index in [1.807, 2.05) is 24.8 Å². The van der Waals surface area contributed by atoms with Crippen LogP contribution in [0.5, 0.6) is 0 Å². The molecular formula is C13H21ClN4O. The van der Waals surface area contributed by atoms with Crippen LogP contribution in [0.1, 0.15) is 35.6 Å². The predicted octanol–water partition coefficient (Wildman–Crippen LogP) is 1.20. The summed E-state index contributed by atoms with van der Waals surface area (Å²) in [5.74, 6) is 0.0823. The largest absolute Gasteiger partial charge is 0.333 e. The van der Waals surface area contributed by atoms with Crippen LogP contribution in [0.2, 0.25) is 0 Å². The average Bonchev–Trinajstić information content (AvgIpc) is 2.38. The number of carbonyl (C=O) groups is 1. The van der Waals surface area contributed by atoms with Gasteiger partial charge in [-0.3, -0.25) is 4.79 Å². The Morgan fingerprint density at radius 3 is 2.89 bits per heavy atom. The van der Waals surface area contributed by atoms with Crippen LogP contribution in [0.15, 0.2) is 6.07 Å². The predicted molar refractivity (Wildman–Crippen MR) is 76.8 cm³/mol. The highest BCUT2D eigenvalue weighted by Crippen LogP contribution is 2.14. The van der Waals surface area contributed by atoms with Crippen molar-refractivity contribution in [2.24, 2.45) is 0 Å². The highest BCUT2D eigenvalue weighted by molar-refractivity contribution is 5.95. The molecule has 1 saturated heterocycles. The Balaban J connectivity index is 0.00000180. The average molecular weight is 285 g/mol. The molecule has 5 nitrogen and oxygen atoms in total. The molecule has 1 aromatic heterocycles. The summed E-state index contributed by atoms with van der Waals surface area (Å²) < 4.78 is 0. The molecule has 0 radical (unpaired) electrons. The van der Waals surface area contributed by atoms with Crippen LogP contribution in [-0.2, 0) is 6.42 Å². The molecule has 6 heteroatoms. The lowest BCUT2D eigenvalue weighted by atomic mass is 10.1. The zero-order valence-corrected chi connectivity index (χ0v) is 12.5. The number of hydrogen-bond donors (Lipinski definition) is 1. The molecule has 1 N–H and O–H groups in total. The van der Waals surface area contributed by atoms with Gasteiger partial charge >= 0.3 is 0 Å². The second-order valence-corrected chi connectivity index (χ2v) is 4.75. The molecule has 1 unspecified atom stereocenters. The number of amides is 1. The highest BCUT2D eigenvalue weighted by Gasteiger charge is 2.26. The summed E-state index contributed by atoms with van der Waals surface area (Å²) in [4.78, 5) is 14.5. The third-order valence-corrected chi connectivity index (χ3v) is 3.32.